The number of rotatable bonds is 13. The van der Waals surface area contributed by atoms with E-state index in [4.69, 9.17) is 10.5 Å². The molecule has 0 spiro atoms. The van der Waals surface area contributed by atoms with Crippen LogP contribution in [0.2, 0.25) is 0 Å². The van der Waals surface area contributed by atoms with E-state index in [9.17, 15) is 23.6 Å². The van der Waals surface area contributed by atoms with Crippen LogP contribution in [0.15, 0.2) is 91.4 Å². The number of carbonyl (C=O) groups is 4. The molecule has 1 aliphatic rings. The van der Waals surface area contributed by atoms with Crippen LogP contribution < -0.4 is 16.4 Å². The van der Waals surface area contributed by atoms with Gasteiger partial charge in [0.25, 0.3) is 5.91 Å². The van der Waals surface area contributed by atoms with Gasteiger partial charge in [0.2, 0.25) is 11.8 Å². The summed E-state index contributed by atoms with van der Waals surface area (Å²) < 4.78 is 20.8. The molecule has 1 aliphatic heterocycles. The number of benzene rings is 3. The van der Waals surface area contributed by atoms with Crippen molar-refractivity contribution in [1.82, 2.24) is 19.8 Å². The van der Waals surface area contributed by atoms with Crippen molar-refractivity contribution >= 4 is 29.3 Å². The van der Waals surface area contributed by atoms with E-state index in [1.54, 1.807) is 15.7 Å². The van der Waals surface area contributed by atoms with Crippen molar-refractivity contribution in [2.45, 2.75) is 65.3 Å². The summed E-state index contributed by atoms with van der Waals surface area (Å²) in [5.41, 5.74) is 7.82. The van der Waals surface area contributed by atoms with Crippen molar-refractivity contribution in [2.24, 2.45) is 11.7 Å². The van der Waals surface area contributed by atoms with Crippen LogP contribution in [-0.2, 0) is 25.7 Å². The number of Topliss-reactive ketones (excluding diaryl/α,β-unsaturated/α-hetero) is 1. The molecule has 0 bridgehead atoms. The van der Waals surface area contributed by atoms with Crippen LogP contribution in [-0.4, -0.2) is 69.2 Å². The first kappa shape index (κ1) is 38.6. The number of ether oxygens (including phenoxy) is 1. The molecule has 1 fully saturated rings. The molecule has 270 valence electrons. The van der Waals surface area contributed by atoms with Crippen molar-refractivity contribution in [3.05, 3.63) is 119 Å². The molecule has 2 unspecified atom stereocenters. The Kier molecular flexibility index (Phi) is 13.0. The third kappa shape index (κ3) is 10.2. The second-order valence-electron chi connectivity index (χ2n) is 13.2. The largest absolute Gasteiger partial charge is 0.374 e. The summed E-state index contributed by atoms with van der Waals surface area (Å²) in [5, 5.41) is 5.42. The number of nitrogens with one attached hydrogen (secondary N) is 2. The highest BCUT2D eigenvalue weighted by Crippen LogP contribution is 2.28. The van der Waals surface area contributed by atoms with Crippen molar-refractivity contribution in [1.29, 1.82) is 0 Å². The van der Waals surface area contributed by atoms with Gasteiger partial charge in [-0.3, -0.25) is 19.2 Å². The minimum atomic E-state index is -1.23. The summed E-state index contributed by atoms with van der Waals surface area (Å²) in [7, 11) is 0. The lowest BCUT2D eigenvalue weighted by atomic mass is 9.88. The molecular formula is C39H47FN6O5. The number of anilines is 1. The Labute approximate surface area is 298 Å². The lowest BCUT2D eigenvalue weighted by Gasteiger charge is -2.34. The fraction of sp³-hybridized carbons (Fsp3) is 0.359. The normalized spacial score (nSPS) is 14.6. The predicted molar refractivity (Wildman–Crippen MR) is 193 cm³/mol. The molecule has 3 aromatic carbocycles. The summed E-state index contributed by atoms with van der Waals surface area (Å²) in [4.78, 5) is 59.6. The number of nitrogens with zero attached hydrogens (tertiary/aromatic N) is 3. The minimum Gasteiger partial charge on any atom is -0.374 e. The zero-order valence-electron chi connectivity index (χ0n) is 28.5. The van der Waals surface area contributed by atoms with Gasteiger partial charge in [0.1, 0.15) is 17.9 Å². The van der Waals surface area contributed by atoms with Crippen LogP contribution in [0.4, 0.5) is 10.2 Å². The lowest BCUT2D eigenvalue weighted by Crippen LogP contribution is -2.56. The fourth-order valence-electron chi connectivity index (χ4n) is 5.82. The zero-order chi connectivity index (χ0) is 35.8. The van der Waals surface area contributed by atoms with E-state index in [1.807, 2.05) is 61.5 Å². The van der Waals surface area contributed by atoms with Crippen molar-refractivity contribution < 1.29 is 28.3 Å². The number of aryl methyl sites for hydroxylation is 1. The number of halogens is 1. The maximum absolute atomic E-state index is 14.2. The van der Waals surface area contributed by atoms with Crippen molar-refractivity contribution in [3.8, 4) is 0 Å². The Balaban J connectivity index is 0.00000583. The number of amides is 3. The molecule has 2 atom stereocenters. The second kappa shape index (κ2) is 17.1. The van der Waals surface area contributed by atoms with Crippen molar-refractivity contribution in [2.75, 3.05) is 25.0 Å². The topological polar surface area (TPSA) is 149 Å². The van der Waals surface area contributed by atoms with E-state index in [1.165, 1.54) is 44.4 Å². The third-order valence-corrected chi connectivity index (χ3v) is 8.65. The van der Waals surface area contributed by atoms with E-state index in [-0.39, 0.29) is 44.1 Å². The van der Waals surface area contributed by atoms with Crippen LogP contribution in [0, 0.1) is 18.7 Å². The SMILES string of the molecule is C.Cc1cccc(C(C(=O)N2CCC(C(=O)c3ccc(F)cc3)CC2)n2cnc(NC(=O)C(COCc3ccccc3)NC(=O)C(C)(C)N)c2)c1. The lowest BCUT2D eigenvalue weighted by molar-refractivity contribution is -0.134. The fourth-order valence-corrected chi connectivity index (χ4v) is 5.82. The molecule has 4 aromatic rings. The number of ketones is 1. The number of aromatic nitrogens is 2. The van der Waals surface area contributed by atoms with E-state index >= 15 is 0 Å². The molecule has 0 radical (unpaired) electrons. The average molecular weight is 699 g/mol. The van der Waals surface area contributed by atoms with Gasteiger partial charge in [0, 0.05) is 30.8 Å². The van der Waals surface area contributed by atoms with Gasteiger partial charge in [-0.05, 0) is 69.0 Å². The molecule has 12 heteroatoms. The Morgan fingerprint density at radius 2 is 1.69 bits per heavy atom. The maximum Gasteiger partial charge on any atom is 0.250 e. The standard InChI is InChI=1S/C38H43FN6O5.CH4/c1-25-8-7-11-29(20-25)33(36(48)44-18-16-28(17-19-44)34(46)27-12-14-30(39)15-13-27)45-21-32(41-24-45)43-35(47)31(42-37(49)38(2,3)40)23-50-22-26-9-5-4-6-10-26;/h4-15,20-21,24,28,31,33H,16-19,22-23,40H2,1-3H3,(H,42,49)(H,43,47);1H4. The Morgan fingerprint density at radius 1 is 1.00 bits per heavy atom. The Hall–Kier alpha value is -5.20. The van der Waals surface area contributed by atoms with Crippen LogP contribution >= 0.6 is 0 Å². The molecule has 51 heavy (non-hydrogen) atoms. The first-order chi connectivity index (χ1) is 23.9. The van der Waals surface area contributed by atoms with Crippen LogP contribution in [0.5, 0.6) is 0 Å². The average Bonchev–Trinajstić information content (AvgIpc) is 3.55. The first-order valence-corrected chi connectivity index (χ1v) is 16.6. The molecule has 2 heterocycles. The number of imidazole rings is 1. The quantitative estimate of drug-likeness (QED) is 0.166. The van der Waals surface area contributed by atoms with E-state index in [2.05, 4.69) is 15.6 Å². The number of nitrogens with two attached hydrogens (primary N) is 1. The van der Waals surface area contributed by atoms with Gasteiger partial charge in [0.05, 0.1) is 25.1 Å². The van der Waals surface area contributed by atoms with E-state index in [0.29, 0.717) is 31.5 Å². The van der Waals surface area contributed by atoms with Gasteiger partial charge in [-0.1, -0.05) is 67.6 Å². The molecule has 5 rings (SSSR count). The summed E-state index contributed by atoms with van der Waals surface area (Å²) >= 11 is 0. The Bertz CT molecular complexity index is 1800. The van der Waals surface area contributed by atoms with Gasteiger partial charge in [-0.15, -0.1) is 0 Å². The van der Waals surface area contributed by atoms with E-state index < -0.39 is 35.3 Å². The number of hydrogen-bond acceptors (Lipinski definition) is 7. The highest BCUT2D eigenvalue weighted by molar-refractivity contribution is 5.99. The molecular weight excluding hydrogens is 651 g/mol. The molecule has 0 saturated carbocycles. The first-order valence-electron chi connectivity index (χ1n) is 16.6. The highest BCUT2D eigenvalue weighted by Gasteiger charge is 2.34. The summed E-state index contributed by atoms with van der Waals surface area (Å²) in [6.07, 6.45) is 4.01. The molecule has 3 amide bonds. The molecule has 1 aromatic heterocycles. The van der Waals surface area contributed by atoms with Crippen LogP contribution in [0.3, 0.4) is 0 Å². The monoisotopic (exact) mass is 698 g/mol. The maximum atomic E-state index is 14.2. The molecule has 11 nitrogen and oxygen atoms in total. The smallest absolute Gasteiger partial charge is 0.250 e. The number of piperidine rings is 1. The summed E-state index contributed by atoms with van der Waals surface area (Å²) in [5.74, 6) is -1.82. The number of hydrogen-bond donors (Lipinski definition) is 3. The predicted octanol–water partition coefficient (Wildman–Crippen LogP) is 5.06. The van der Waals surface area contributed by atoms with Gasteiger partial charge < -0.3 is 30.6 Å². The summed E-state index contributed by atoms with van der Waals surface area (Å²) in [6, 6.07) is 20.7. The van der Waals surface area contributed by atoms with Gasteiger partial charge in [-0.2, -0.15) is 0 Å². The number of carbonyl (C=O) groups excluding carboxylic acids is 4. The zero-order valence-corrected chi connectivity index (χ0v) is 28.5. The molecule has 1 saturated heterocycles. The van der Waals surface area contributed by atoms with Gasteiger partial charge in [0.15, 0.2) is 11.6 Å². The van der Waals surface area contributed by atoms with Crippen molar-refractivity contribution in [3.63, 3.8) is 0 Å². The second-order valence-corrected chi connectivity index (χ2v) is 13.2. The third-order valence-electron chi connectivity index (χ3n) is 8.65. The van der Waals surface area contributed by atoms with Gasteiger partial charge in [-0.25, -0.2) is 9.37 Å². The molecule has 4 N–H and O–H groups in total. The Morgan fingerprint density at radius 3 is 2.33 bits per heavy atom. The minimum absolute atomic E-state index is 0. The van der Waals surface area contributed by atoms with Crippen LogP contribution in [0.25, 0.3) is 0 Å². The van der Waals surface area contributed by atoms with Gasteiger partial charge >= 0.3 is 0 Å². The molecule has 0 aliphatic carbocycles. The van der Waals surface area contributed by atoms with Crippen LogP contribution in [0.1, 0.15) is 67.2 Å². The highest BCUT2D eigenvalue weighted by atomic mass is 19.1. The number of likely N-dealkylation sites (tertiary alicyclic amines) is 1. The summed E-state index contributed by atoms with van der Waals surface area (Å²) in [6.45, 7) is 5.88. The van der Waals surface area contributed by atoms with E-state index in [0.717, 1.165) is 16.7 Å².